The minimum absolute atomic E-state index is 0.929. The van der Waals surface area contributed by atoms with E-state index in [0.717, 1.165) is 12.5 Å². The summed E-state index contributed by atoms with van der Waals surface area (Å²) in [6.07, 6.45) is 34.7. The molecule has 0 heterocycles. The molecule has 1 N–H and O–H groups in total. The Labute approximate surface area is 161 Å². The lowest BCUT2D eigenvalue weighted by molar-refractivity contribution is -0.131. The second-order valence-corrected chi connectivity index (χ2v) is 6.60. The zero-order chi connectivity index (χ0) is 19.1. The predicted molar refractivity (Wildman–Crippen MR) is 114 cm³/mol. The van der Waals surface area contributed by atoms with Gasteiger partial charge < -0.3 is 5.11 Å². The summed E-state index contributed by atoms with van der Waals surface area (Å²) in [5.74, 6) is -0.929. The summed E-state index contributed by atoms with van der Waals surface area (Å²) in [6, 6.07) is 0. The van der Waals surface area contributed by atoms with Gasteiger partial charge in [-0.2, -0.15) is 0 Å². The number of hydrogen-bond acceptors (Lipinski definition) is 1. The van der Waals surface area contributed by atoms with Crippen LogP contribution in [0.1, 0.15) is 84.0 Å². The van der Waals surface area contributed by atoms with Crippen LogP contribution in [-0.4, -0.2) is 11.1 Å². The van der Waals surface area contributed by atoms with Crippen molar-refractivity contribution in [3.05, 3.63) is 60.8 Å². The molecule has 0 aromatic rings. The van der Waals surface area contributed by atoms with Gasteiger partial charge in [0.2, 0.25) is 0 Å². The molecule has 0 aliphatic carbocycles. The Morgan fingerprint density at radius 1 is 0.615 bits per heavy atom. The highest BCUT2D eigenvalue weighted by atomic mass is 16.4. The van der Waals surface area contributed by atoms with Gasteiger partial charge in [-0.25, -0.2) is 4.79 Å². The maximum Gasteiger partial charge on any atom is 0.328 e. The van der Waals surface area contributed by atoms with Crippen LogP contribution in [0.25, 0.3) is 0 Å². The van der Waals surface area contributed by atoms with Crippen LogP contribution in [0.2, 0.25) is 0 Å². The van der Waals surface area contributed by atoms with E-state index in [2.05, 4.69) is 19.1 Å². The van der Waals surface area contributed by atoms with Gasteiger partial charge in [-0.1, -0.05) is 126 Å². The highest BCUT2D eigenvalue weighted by Gasteiger charge is 1.92. The summed E-state index contributed by atoms with van der Waals surface area (Å²) in [5.41, 5.74) is 0. The van der Waals surface area contributed by atoms with Gasteiger partial charge in [0.1, 0.15) is 0 Å². The zero-order valence-electron chi connectivity index (χ0n) is 16.6. The molecule has 0 atom stereocenters. The first kappa shape index (κ1) is 24.2. The van der Waals surface area contributed by atoms with Crippen LogP contribution in [0.5, 0.6) is 0 Å². The fourth-order valence-electron chi connectivity index (χ4n) is 2.62. The van der Waals surface area contributed by atoms with Crippen molar-refractivity contribution >= 4 is 5.97 Å². The van der Waals surface area contributed by atoms with Crippen molar-refractivity contribution in [1.82, 2.24) is 0 Å². The van der Waals surface area contributed by atoms with E-state index in [1.165, 1.54) is 76.7 Å². The molecule has 0 amide bonds. The van der Waals surface area contributed by atoms with Gasteiger partial charge in [-0.15, -0.1) is 0 Å². The lowest BCUT2D eigenvalue weighted by Crippen LogP contribution is -1.84. The summed E-state index contributed by atoms with van der Waals surface area (Å²) < 4.78 is 0. The maximum absolute atomic E-state index is 10.2. The van der Waals surface area contributed by atoms with Crippen molar-refractivity contribution < 1.29 is 9.90 Å². The number of unbranched alkanes of at least 4 members (excludes halogenated alkanes) is 11. The molecule has 0 aliphatic rings. The number of carbonyl (C=O) groups is 1. The third kappa shape index (κ3) is 22.2. The van der Waals surface area contributed by atoms with Crippen molar-refractivity contribution in [1.29, 1.82) is 0 Å². The Bertz CT molecular complexity index is 453. The lowest BCUT2D eigenvalue weighted by atomic mass is 10.1. The van der Waals surface area contributed by atoms with Crippen LogP contribution >= 0.6 is 0 Å². The molecule has 0 aromatic carbocycles. The minimum Gasteiger partial charge on any atom is -0.478 e. The van der Waals surface area contributed by atoms with E-state index < -0.39 is 5.97 Å². The molecule has 0 saturated heterocycles. The van der Waals surface area contributed by atoms with Gasteiger partial charge in [0.05, 0.1) is 0 Å². The quantitative estimate of drug-likeness (QED) is 0.165. The van der Waals surface area contributed by atoms with Gasteiger partial charge in [0.15, 0.2) is 0 Å². The molecule has 0 rings (SSSR count). The number of rotatable bonds is 17. The smallest absolute Gasteiger partial charge is 0.328 e. The normalized spacial score (nSPS) is 12.7. The molecule has 0 fully saturated rings. The predicted octanol–water partition coefficient (Wildman–Crippen LogP) is 7.55. The molecular weight excluding hydrogens is 320 g/mol. The first-order chi connectivity index (χ1) is 12.8. The number of hydrogen-bond donors (Lipinski definition) is 1. The zero-order valence-corrected chi connectivity index (χ0v) is 16.6. The summed E-state index contributed by atoms with van der Waals surface area (Å²) >= 11 is 0. The van der Waals surface area contributed by atoms with E-state index in [-0.39, 0.29) is 0 Å². The van der Waals surface area contributed by atoms with Crippen LogP contribution in [-0.2, 0) is 4.79 Å². The highest BCUT2D eigenvalue weighted by molar-refractivity contribution is 5.80. The standard InChI is InChI=1S/C24H38O2/c1-2-3-4-5-6-7-8-9-10-11-12-13-14-15-16-17-18-19-20-21-22-23-24(25)26/h14-23H,2-13H2,1H3,(H,25,26)/b15-14-,17-16-,19-18-,21-20-,23-22-. The third-order valence-electron chi connectivity index (χ3n) is 4.13. The van der Waals surface area contributed by atoms with Gasteiger partial charge >= 0.3 is 5.97 Å². The molecule has 146 valence electrons. The first-order valence-corrected chi connectivity index (χ1v) is 10.3. The minimum atomic E-state index is -0.929. The molecule has 2 heteroatoms. The van der Waals surface area contributed by atoms with Crippen LogP contribution < -0.4 is 0 Å². The fourth-order valence-corrected chi connectivity index (χ4v) is 2.62. The third-order valence-corrected chi connectivity index (χ3v) is 4.13. The highest BCUT2D eigenvalue weighted by Crippen LogP contribution is 2.11. The van der Waals surface area contributed by atoms with Crippen molar-refractivity contribution in [2.24, 2.45) is 0 Å². The van der Waals surface area contributed by atoms with Gasteiger partial charge in [-0.05, 0) is 12.8 Å². The van der Waals surface area contributed by atoms with Crippen molar-refractivity contribution in [2.75, 3.05) is 0 Å². The van der Waals surface area contributed by atoms with Gasteiger partial charge in [0.25, 0.3) is 0 Å². The van der Waals surface area contributed by atoms with E-state index >= 15 is 0 Å². The van der Waals surface area contributed by atoms with Crippen molar-refractivity contribution in [3.63, 3.8) is 0 Å². The largest absolute Gasteiger partial charge is 0.478 e. The molecule has 0 unspecified atom stereocenters. The molecule has 0 saturated carbocycles. The van der Waals surface area contributed by atoms with E-state index in [9.17, 15) is 4.79 Å². The molecule has 0 aliphatic heterocycles. The molecule has 2 nitrogen and oxygen atoms in total. The Kier molecular flexibility index (Phi) is 19.7. The van der Waals surface area contributed by atoms with Crippen LogP contribution in [0.15, 0.2) is 60.8 Å². The SMILES string of the molecule is CCCCCCCCCCCCC\C=C/C=C\C=C/C=C\C=C/C(=O)O. The van der Waals surface area contributed by atoms with E-state index in [1.807, 2.05) is 24.3 Å². The fraction of sp³-hybridized carbons (Fsp3) is 0.542. The Morgan fingerprint density at radius 3 is 1.54 bits per heavy atom. The Morgan fingerprint density at radius 2 is 1.04 bits per heavy atom. The summed E-state index contributed by atoms with van der Waals surface area (Å²) in [6.45, 7) is 2.27. The van der Waals surface area contributed by atoms with E-state index in [4.69, 9.17) is 5.11 Å². The van der Waals surface area contributed by atoms with E-state index in [0.29, 0.717) is 0 Å². The summed E-state index contributed by atoms with van der Waals surface area (Å²) in [5, 5.41) is 8.41. The molecule has 0 aromatic heterocycles. The molecular formula is C24H38O2. The second kappa shape index (κ2) is 21.2. The maximum atomic E-state index is 10.2. The second-order valence-electron chi connectivity index (χ2n) is 6.60. The molecule has 0 spiro atoms. The number of aliphatic carboxylic acids is 1. The number of allylic oxidation sites excluding steroid dienone is 9. The van der Waals surface area contributed by atoms with Crippen molar-refractivity contribution in [3.8, 4) is 0 Å². The molecule has 26 heavy (non-hydrogen) atoms. The topological polar surface area (TPSA) is 37.3 Å². The van der Waals surface area contributed by atoms with Gasteiger partial charge in [0, 0.05) is 6.08 Å². The van der Waals surface area contributed by atoms with Gasteiger partial charge in [-0.3, -0.25) is 0 Å². The molecule has 0 bridgehead atoms. The first-order valence-electron chi connectivity index (χ1n) is 10.3. The van der Waals surface area contributed by atoms with E-state index in [1.54, 1.807) is 12.2 Å². The monoisotopic (exact) mass is 358 g/mol. The average molecular weight is 359 g/mol. The molecule has 0 radical (unpaired) electrons. The van der Waals surface area contributed by atoms with Crippen LogP contribution in [0.3, 0.4) is 0 Å². The average Bonchev–Trinajstić information content (AvgIpc) is 2.62. The lowest BCUT2D eigenvalue weighted by Gasteiger charge is -2.01. The van der Waals surface area contributed by atoms with Crippen LogP contribution in [0, 0.1) is 0 Å². The van der Waals surface area contributed by atoms with Crippen molar-refractivity contribution in [2.45, 2.75) is 84.0 Å². The number of carboxylic acids is 1. The number of carboxylic acid groups (broad SMARTS) is 1. The summed E-state index contributed by atoms with van der Waals surface area (Å²) in [4.78, 5) is 10.2. The summed E-state index contributed by atoms with van der Waals surface area (Å²) in [7, 11) is 0. The Hall–Kier alpha value is -1.83. The Balaban J connectivity index is 3.38. The van der Waals surface area contributed by atoms with Crippen LogP contribution in [0.4, 0.5) is 0 Å².